The van der Waals surface area contributed by atoms with Crippen molar-refractivity contribution in [1.29, 1.82) is 0 Å². The van der Waals surface area contributed by atoms with Gasteiger partial charge >= 0.3 is 0 Å². The Morgan fingerprint density at radius 1 is 1.25 bits per heavy atom. The molecule has 0 spiro atoms. The van der Waals surface area contributed by atoms with E-state index in [2.05, 4.69) is 0 Å². The Labute approximate surface area is 106 Å². The van der Waals surface area contributed by atoms with Gasteiger partial charge in [0.1, 0.15) is 0 Å². The number of hydrogen-bond donors (Lipinski definition) is 1. The van der Waals surface area contributed by atoms with Crippen LogP contribution in [-0.2, 0) is 4.74 Å². The van der Waals surface area contributed by atoms with E-state index in [-0.39, 0.29) is 6.04 Å². The summed E-state index contributed by atoms with van der Waals surface area (Å²) in [5.41, 5.74) is 7.19. The largest absolute Gasteiger partial charge is 0.381 e. The van der Waals surface area contributed by atoms with Gasteiger partial charge in [0.25, 0.3) is 0 Å². The first kappa shape index (κ1) is 12.2. The molecule has 1 unspecified atom stereocenters. The summed E-state index contributed by atoms with van der Waals surface area (Å²) in [5.74, 6) is 0.435. The molecule has 1 saturated heterocycles. The number of halogens is 2. The quantitative estimate of drug-likeness (QED) is 0.884. The molecule has 88 valence electrons. The average molecular weight is 260 g/mol. The molecule has 2 rings (SSSR count). The molecule has 1 aliphatic rings. The van der Waals surface area contributed by atoms with Crippen molar-refractivity contribution in [1.82, 2.24) is 0 Å². The van der Waals surface area contributed by atoms with Crippen molar-refractivity contribution in [2.75, 3.05) is 13.2 Å². The summed E-state index contributed by atoms with van der Waals surface area (Å²) < 4.78 is 5.33. The van der Waals surface area contributed by atoms with Gasteiger partial charge < -0.3 is 10.5 Å². The minimum Gasteiger partial charge on any atom is -0.381 e. The molecule has 0 radical (unpaired) electrons. The first-order valence-corrected chi connectivity index (χ1v) is 6.22. The maximum absolute atomic E-state index is 6.24. The molecular formula is C12H15Cl2NO. The van der Waals surface area contributed by atoms with Crippen molar-refractivity contribution < 1.29 is 4.74 Å². The van der Waals surface area contributed by atoms with Crippen molar-refractivity contribution in [3.63, 3.8) is 0 Å². The molecule has 0 saturated carbocycles. The summed E-state index contributed by atoms with van der Waals surface area (Å²) in [6.45, 7) is 1.58. The zero-order valence-electron chi connectivity index (χ0n) is 8.96. The number of rotatable bonds is 2. The molecule has 0 bridgehead atoms. The van der Waals surface area contributed by atoms with Crippen LogP contribution in [0.5, 0.6) is 0 Å². The van der Waals surface area contributed by atoms with E-state index in [1.807, 2.05) is 6.07 Å². The fraction of sp³-hybridized carbons (Fsp3) is 0.500. The highest BCUT2D eigenvalue weighted by molar-refractivity contribution is 6.33. The van der Waals surface area contributed by atoms with E-state index in [0.717, 1.165) is 31.6 Å². The lowest BCUT2D eigenvalue weighted by molar-refractivity contribution is 0.0584. The van der Waals surface area contributed by atoms with Crippen molar-refractivity contribution in [3.05, 3.63) is 33.8 Å². The highest BCUT2D eigenvalue weighted by atomic mass is 35.5. The van der Waals surface area contributed by atoms with Gasteiger partial charge in [-0.3, -0.25) is 0 Å². The van der Waals surface area contributed by atoms with Crippen LogP contribution >= 0.6 is 23.2 Å². The normalized spacial score (nSPS) is 19.7. The molecule has 1 fully saturated rings. The average Bonchev–Trinajstić information content (AvgIpc) is 2.32. The lowest BCUT2D eigenvalue weighted by Crippen LogP contribution is -2.27. The van der Waals surface area contributed by atoms with Crippen LogP contribution in [0, 0.1) is 5.92 Å². The SMILES string of the molecule is NC(c1cc(Cl)ccc1Cl)C1CCOCC1. The van der Waals surface area contributed by atoms with E-state index >= 15 is 0 Å². The van der Waals surface area contributed by atoms with Crippen molar-refractivity contribution >= 4 is 23.2 Å². The van der Waals surface area contributed by atoms with Gasteiger partial charge in [0.2, 0.25) is 0 Å². The summed E-state index contributed by atoms with van der Waals surface area (Å²) in [4.78, 5) is 0. The predicted molar refractivity (Wildman–Crippen MR) is 66.9 cm³/mol. The third kappa shape index (κ3) is 2.69. The van der Waals surface area contributed by atoms with E-state index < -0.39 is 0 Å². The number of hydrogen-bond acceptors (Lipinski definition) is 2. The highest BCUT2D eigenvalue weighted by Gasteiger charge is 2.23. The van der Waals surface area contributed by atoms with Gasteiger partial charge in [0, 0.05) is 29.3 Å². The number of ether oxygens (including phenoxy) is 1. The first-order chi connectivity index (χ1) is 7.68. The first-order valence-electron chi connectivity index (χ1n) is 5.47. The van der Waals surface area contributed by atoms with Gasteiger partial charge in [-0.1, -0.05) is 23.2 Å². The van der Waals surface area contributed by atoms with Gasteiger partial charge in [-0.05, 0) is 42.5 Å². The lowest BCUT2D eigenvalue weighted by Gasteiger charge is -2.28. The van der Waals surface area contributed by atoms with Crippen LogP contribution in [0.1, 0.15) is 24.4 Å². The molecule has 1 aliphatic heterocycles. The maximum Gasteiger partial charge on any atom is 0.0469 e. The fourth-order valence-corrected chi connectivity index (χ4v) is 2.52. The predicted octanol–water partition coefficient (Wildman–Crippen LogP) is 3.42. The van der Waals surface area contributed by atoms with Crippen molar-refractivity contribution in [3.8, 4) is 0 Å². The van der Waals surface area contributed by atoms with Crippen molar-refractivity contribution in [2.24, 2.45) is 11.7 Å². The molecule has 0 amide bonds. The Balaban J connectivity index is 2.18. The molecule has 2 N–H and O–H groups in total. The Hall–Kier alpha value is -0.280. The van der Waals surface area contributed by atoms with Crippen LogP contribution in [0.2, 0.25) is 10.0 Å². The van der Waals surface area contributed by atoms with Crippen LogP contribution in [0.3, 0.4) is 0 Å². The molecule has 1 atom stereocenters. The van der Waals surface area contributed by atoms with Crippen LogP contribution < -0.4 is 5.73 Å². The zero-order chi connectivity index (χ0) is 11.5. The van der Waals surface area contributed by atoms with Crippen molar-refractivity contribution in [2.45, 2.75) is 18.9 Å². The Kier molecular flexibility index (Phi) is 4.09. The molecule has 0 aromatic heterocycles. The molecule has 16 heavy (non-hydrogen) atoms. The van der Waals surface area contributed by atoms with Gasteiger partial charge in [0.15, 0.2) is 0 Å². The smallest absolute Gasteiger partial charge is 0.0469 e. The maximum atomic E-state index is 6.24. The second-order valence-corrected chi connectivity index (χ2v) is 4.99. The third-order valence-corrected chi connectivity index (χ3v) is 3.67. The van der Waals surface area contributed by atoms with E-state index in [0.29, 0.717) is 16.0 Å². The highest BCUT2D eigenvalue weighted by Crippen LogP contribution is 2.33. The van der Waals surface area contributed by atoms with Crippen LogP contribution in [0.15, 0.2) is 18.2 Å². The Morgan fingerprint density at radius 3 is 2.62 bits per heavy atom. The Morgan fingerprint density at radius 2 is 1.94 bits per heavy atom. The molecule has 2 nitrogen and oxygen atoms in total. The lowest BCUT2D eigenvalue weighted by atomic mass is 9.88. The van der Waals surface area contributed by atoms with Crippen LogP contribution in [0.25, 0.3) is 0 Å². The van der Waals surface area contributed by atoms with Crippen LogP contribution in [-0.4, -0.2) is 13.2 Å². The second-order valence-electron chi connectivity index (χ2n) is 4.14. The molecular weight excluding hydrogens is 245 g/mol. The fourth-order valence-electron chi connectivity index (χ4n) is 2.10. The summed E-state index contributed by atoms with van der Waals surface area (Å²) >= 11 is 12.1. The van der Waals surface area contributed by atoms with Gasteiger partial charge in [-0.15, -0.1) is 0 Å². The van der Waals surface area contributed by atoms with E-state index in [4.69, 9.17) is 33.7 Å². The van der Waals surface area contributed by atoms with E-state index in [1.54, 1.807) is 12.1 Å². The molecule has 0 aliphatic carbocycles. The summed E-state index contributed by atoms with van der Waals surface area (Å²) in [6.07, 6.45) is 1.98. The molecule has 1 aromatic rings. The summed E-state index contributed by atoms with van der Waals surface area (Å²) in [6, 6.07) is 5.40. The number of nitrogens with two attached hydrogens (primary N) is 1. The summed E-state index contributed by atoms with van der Waals surface area (Å²) in [7, 11) is 0. The van der Waals surface area contributed by atoms with Crippen LogP contribution in [0.4, 0.5) is 0 Å². The van der Waals surface area contributed by atoms with Gasteiger partial charge in [0.05, 0.1) is 0 Å². The minimum absolute atomic E-state index is 0.0462. The molecule has 1 aromatic carbocycles. The standard InChI is InChI=1S/C12H15Cl2NO/c13-9-1-2-11(14)10(7-9)12(15)8-3-5-16-6-4-8/h1-2,7-8,12H,3-6,15H2. The molecule has 4 heteroatoms. The summed E-state index contributed by atoms with van der Waals surface area (Å²) in [5, 5.41) is 1.38. The number of benzene rings is 1. The topological polar surface area (TPSA) is 35.2 Å². The second kappa shape index (κ2) is 5.37. The van der Waals surface area contributed by atoms with Gasteiger partial charge in [-0.2, -0.15) is 0 Å². The Bertz CT molecular complexity index is 364. The zero-order valence-corrected chi connectivity index (χ0v) is 10.5. The van der Waals surface area contributed by atoms with Gasteiger partial charge in [-0.25, -0.2) is 0 Å². The molecule has 1 heterocycles. The van der Waals surface area contributed by atoms with E-state index in [1.165, 1.54) is 0 Å². The van der Waals surface area contributed by atoms with E-state index in [9.17, 15) is 0 Å². The minimum atomic E-state index is -0.0462. The third-order valence-electron chi connectivity index (χ3n) is 3.09. The monoisotopic (exact) mass is 259 g/mol.